The van der Waals surface area contributed by atoms with E-state index in [1.54, 1.807) is 7.11 Å². The summed E-state index contributed by atoms with van der Waals surface area (Å²) in [6.45, 7) is 5.25. The van der Waals surface area contributed by atoms with Crippen LogP contribution in [0.2, 0.25) is 0 Å². The average Bonchev–Trinajstić information content (AvgIpc) is 2.84. The van der Waals surface area contributed by atoms with Crippen molar-refractivity contribution in [2.24, 2.45) is 0 Å². The van der Waals surface area contributed by atoms with Crippen LogP contribution >= 0.6 is 0 Å². The molecular weight excluding hydrogens is 240 g/mol. The summed E-state index contributed by atoms with van der Waals surface area (Å²) in [4.78, 5) is 0. The zero-order valence-corrected chi connectivity index (χ0v) is 11.6. The van der Waals surface area contributed by atoms with Crippen LogP contribution in [0.5, 0.6) is 0 Å². The highest BCUT2D eigenvalue weighted by atomic mass is 16.5. The normalized spacial score (nSPS) is 14.3. The van der Waals surface area contributed by atoms with E-state index >= 15 is 0 Å². The van der Waals surface area contributed by atoms with Crippen molar-refractivity contribution in [3.05, 3.63) is 53.4 Å². The minimum Gasteiger partial charge on any atom is -0.382 e. The topological polar surface area (TPSA) is 47.3 Å². The fourth-order valence-electron chi connectivity index (χ4n) is 2.12. The number of rotatable bonds is 6. The van der Waals surface area contributed by atoms with E-state index in [0.717, 1.165) is 11.5 Å². The summed E-state index contributed by atoms with van der Waals surface area (Å²) in [6, 6.07) is 12.2. The van der Waals surface area contributed by atoms with Gasteiger partial charge in [0.25, 0.3) is 0 Å². The van der Waals surface area contributed by atoms with Crippen LogP contribution in [0.15, 0.2) is 40.9 Å². The van der Waals surface area contributed by atoms with E-state index in [2.05, 4.69) is 29.5 Å². The SMILES string of the molecule is COC[C@@](C)(NCc1cc(C)on1)c1ccccc1. The Balaban J connectivity index is 2.11. The van der Waals surface area contributed by atoms with Crippen molar-refractivity contribution in [2.75, 3.05) is 13.7 Å². The summed E-state index contributed by atoms with van der Waals surface area (Å²) in [5.74, 6) is 0.824. The van der Waals surface area contributed by atoms with E-state index in [4.69, 9.17) is 9.26 Å². The van der Waals surface area contributed by atoms with E-state index in [9.17, 15) is 0 Å². The van der Waals surface area contributed by atoms with E-state index in [1.165, 1.54) is 5.56 Å². The number of aromatic nitrogens is 1. The molecule has 0 unspecified atom stereocenters. The van der Waals surface area contributed by atoms with Gasteiger partial charge in [0.1, 0.15) is 5.76 Å². The van der Waals surface area contributed by atoms with E-state index < -0.39 is 0 Å². The predicted molar refractivity (Wildman–Crippen MR) is 73.7 cm³/mol. The standard InChI is InChI=1S/C15H20N2O2/c1-12-9-14(17-19-12)10-16-15(2,11-18-3)13-7-5-4-6-8-13/h4-9,16H,10-11H2,1-3H3/t15-/m1/s1. The summed E-state index contributed by atoms with van der Waals surface area (Å²) in [5.41, 5.74) is 1.84. The lowest BCUT2D eigenvalue weighted by Crippen LogP contribution is -2.43. The van der Waals surface area contributed by atoms with Gasteiger partial charge in [-0.3, -0.25) is 5.32 Å². The highest BCUT2D eigenvalue weighted by molar-refractivity contribution is 5.24. The van der Waals surface area contributed by atoms with Crippen molar-refractivity contribution in [3.63, 3.8) is 0 Å². The number of benzene rings is 1. The molecule has 2 aromatic rings. The third-order valence-corrected chi connectivity index (χ3v) is 3.18. The van der Waals surface area contributed by atoms with Crippen LogP contribution in [-0.2, 0) is 16.8 Å². The smallest absolute Gasteiger partial charge is 0.133 e. The molecule has 0 aliphatic rings. The highest BCUT2D eigenvalue weighted by Crippen LogP contribution is 2.21. The van der Waals surface area contributed by atoms with Crippen molar-refractivity contribution >= 4 is 0 Å². The first-order chi connectivity index (χ1) is 9.14. The minimum absolute atomic E-state index is 0.247. The Morgan fingerprint density at radius 3 is 2.63 bits per heavy atom. The van der Waals surface area contributed by atoms with Gasteiger partial charge in [-0.15, -0.1) is 0 Å². The van der Waals surface area contributed by atoms with E-state index in [-0.39, 0.29) is 5.54 Å². The van der Waals surface area contributed by atoms with E-state index in [1.807, 2.05) is 31.2 Å². The predicted octanol–water partition coefficient (Wildman–Crippen LogP) is 2.63. The Bertz CT molecular complexity index is 510. The maximum absolute atomic E-state index is 5.35. The number of nitrogens with zero attached hydrogens (tertiary/aromatic N) is 1. The van der Waals surface area contributed by atoms with Gasteiger partial charge in [0, 0.05) is 19.7 Å². The second-order valence-electron chi connectivity index (χ2n) is 4.91. The van der Waals surface area contributed by atoms with Crippen molar-refractivity contribution in [1.29, 1.82) is 0 Å². The largest absolute Gasteiger partial charge is 0.382 e. The quantitative estimate of drug-likeness (QED) is 0.867. The highest BCUT2D eigenvalue weighted by Gasteiger charge is 2.26. The molecule has 4 heteroatoms. The molecule has 2 rings (SSSR count). The molecule has 0 aliphatic heterocycles. The number of hydrogen-bond donors (Lipinski definition) is 1. The Morgan fingerprint density at radius 2 is 2.05 bits per heavy atom. The molecule has 0 fully saturated rings. The van der Waals surface area contributed by atoms with Crippen molar-refractivity contribution < 1.29 is 9.26 Å². The first-order valence-corrected chi connectivity index (χ1v) is 6.36. The second kappa shape index (κ2) is 5.99. The average molecular weight is 260 g/mol. The molecule has 1 aromatic heterocycles. The third kappa shape index (κ3) is 3.43. The number of ether oxygens (including phenoxy) is 1. The number of methoxy groups -OCH3 is 1. The van der Waals surface area contributed by atoms with Crippen LogP contribution in [0.1, 0.15) is 23.9 Å². The molecule has 1 aromatic carbocycles. The monoisotopic (exact) mass is 260 g/mol. The van der Waals surface area contributed by atoms with Crippen LogP contribution in [-0.4, -0.2) is 18.9 Å². The maximum Gasteiger partial charge on any atom is 0.133 e. The van der Waals surface area contributed by atoms with Crippen molar-refractivity contribution in [3.8, 4) is 0 Å². The molecule has 0 saturated heterocycles. The van der Waals surface area contributed by atoms with Gasteiger partial charge < -0.3 is 9.26 Å². The molecule has 1 atom stereocenters. The molecule has 1 heterocycles. The first-order valence-electron chi connectivity index (χ1n) is 6.36. The van der Waals surface area contributed by atoms with Gasteiger partial charge in [-0.1, -0.05) is 35.5 Å². The van der Waals surface area contributed by atoms with Gasteiger partial charge in [0.15, 0.2) is 0 Å². The second-order valence-corrected chi connectivity index (χ2v) is 4.91. The van der Waals surface area contributed by atoms with E-state index in [0.29, 0.717) is 13.2 Å². The number of aryl methyl sites for hydroxylation is 1. The Kier molecular flexibility index (Phi) is 4.35. The van der Waals surface area contributed by atoms with Crippen LogP contribution in [0.3, 0.4) is 0 Å². The van der Waals surface area contributed by atoms with Gasteiger partial charge >= 0.3 is 0 Å². The molecule has 0 saturated carbocycles. The Morgan fingerprint density at radius 1 is 1.32 bits per heavy atom. The molecule has 0 radical (unpaired) electrons. The molecule has 4 nitrogen and oxygen atoms in total. The fourth-order valence-corrected chi connectivity index (χ4v) is 2.12. The van der Waals surface area contributed by atoms with Crippen LogP contribution < -0.4 is 5.32 Å². The lowest BCUT2D eigenvalue weighted by atomic mass is 9.93. The zero-order chi connectivity index (χ0) is 13.7. The zero-order valence-electron chi connectivity index (χ0n) is 11.6. The fraction of sp³-hybridized carbons (Fsp3) is 0.400. The molecule has 0 spiro atoms. The minimum atomic E-state index is -0.247. The van der Waals surface area contributed by atoms with Gasteiger partial charge in [0.2, 0.25) is 0 Å². The summed E-state index contributed by atoms with van der Waals surface area (Å²) in [5, 5.41) is 7.49. The number of hydrogen-bond acceptors (Lipinski definition) is 4. The Hall–Kier alpha value is -1.65. The molecule has 0 aliphatic carbocycles. The maximum atomic E-state index is 5.35. The lowest BCUT2D eigenvalue weighted by Gasteiger charge is -2.30. The summed E-state index contributed by atoms with van der Waals surface area (Å²) in [6.07, 6.45) is 0. The van der Waals surface area contributed by atoms with Crippen molar-refractivity contribution in [1.82, 2.24) is 10.5 Å². The molecule has 102 valence electrons. The molecular formula is C15H20N2O2. The lowest BCUT2D eigenvalue weighted by molar-refractivity contribution is 0.116. The van der Waals surface area contributed by atoms with Gasteiger partial charge in [-0.2, -0.15) is 0 Å². The number of nitrogens with one attached hydrogen (secondary N) is 1. The Labute approximate surface area is 113 Å². The van der Waals surface area contributed by atoms with Gasteiger partial charge in [-0.05, 0) is 19.4 Å². The van der Waals surface area contributed by atoms with Crippen LogP contribution in [0.4, 0.5) is 0 Å². The third-order valence-electron chi connectivity index (χ3n) is 3.18. The van der Waals surface area contributed by atoms with Gasteiger partial charge in [0.05, 0.1) is 17.8 Å². The molecule has 0 amide bonds. The molecule has 1 N–H and O–H groups in total. The molecule has 0 bridgehead atoms. The van der Waals surface area contributed by atoms with Gasteiger partial charge in [-0.25, -0.2) is 0 Å². The van der Waals surface area contributed by atoms with Crippen LogP contribution in [0.25, 0.3) is 0 Å². The first kappa shape index (κ1) is 13.8. The van der Waals surface area contributed by atoms with Crippen LogP contribution in [0, 0.1) is 6.92 Å². The molecule has 19 heavy (non-hydrogen) atoms. The summed E-state index contributed by atoms with van der Waals surface area (Å²) in [7, 11) is 1.71. The summed E-state index contributed by atoms with van der Waals surface area (Å²) < 4.78 is 10.4. The summed E-state index contributed by atoms with van der Waals surface area (Å²) >= 11 is 0. The van der Waals surface area contributed by atoms with Crippen molar-refractivity contribution in [2.45, 2.75) is 25.9 Å².